The summed E-state index contributed by atoms with van der Waals surface area (Å²) in [4.78, 5) is 31.8. The molecule has 0 N–H and O–H groups in total. The molecule has 1 aromatic carbocycles. The number of aryl methyl sites for hydroxylation is 1. The molecule has 158 valence electrons. The Labute approximate surface area is 174 Å². The number of likely N-dealkylation sites (tertiary alicyclic amines) is 1. The van der Waals surface area contributed by atoms with Crippen molar-refractivity contribution in [3.05, 3.63) is 42.0 Å². The number of hydrogen-bond acceptors (Lipinski definition) is 8. The number of aromatic nitrogens is 2. The number of carbonyl (C=O) groups excluding carboxylic acids is 2. The van der Waals surface area contributed by atoms with Crippen molar-refractivity contribution in [2.45, 2.75) is 45.1 Å². The van der Waals surface area contributed by atoms with Gasteiger partial charge < -0.3 is 14.2 Å². The van der Waals surface area contributed by atoms with Crippen LogP contribution in [-0.2, 0) is 14.3 Å². The molecule has 0 saturated carbocycles. The molecule has 1 aromatic heterocycles. The molecule has 0 spiro atoms. The maximum Gasteiger partial charge on any atom is 0.354 e. The van der Waals surface area contributed by atoms with Crippen molar-refractivity contribution in [3.8, 4) is 0 Å². The first kappa shape index (κ1) is 20.1. The molecule has 0 radical (unpaired) electrons. The van der Waals surface area contributed by atoms with Gasteiger partial charge in [-0.15, -0.1) is 0 Å². The van der Waals surface area contributed by atoms with E-state index in [1.54, 1.807) is 18.9 Å². The molecule has 1 fully saturated rings. The second kappa shape index (κ2) is 8.64. The van der Waals surface area contributed by atoms with Crippen LogP contribution in [-0.4, -0.2) is 58.4 Å². The van der Waals surface area contributed by atoms with E-state index in [-0.39, 0.29) is 30.6 Å². The van der Waals surface area contributed by atoms with Gasteiger partial charge in [-0.3, -0.25) is 9.80 Å². The minimum absolute atomic E-state index is 0.0398. The van der Waals surface area contributed by atoms with E-state index >= 15 is 0 Å². The molecule has 4 rings (SSSR count). The molecule has 1 amide bonds. The van der Waals surface area contributed by atoms with E-state index in [9.17, 15) is 9.59 Å². The lowest BCUT2D eigenvalue weighted by molar-refractivity contribution is -0.135. The summed E-state index contributed by atoms with van der Waals surface area (Å²) in [7, 11) is 0. The van der Waals surface area contributed by atoms with Crippen molar-refractivity contribution in [1.29, 1.82) is 0 Å². The number of hydrogen-bond donors (Lipinski definition) is 0. The van der Waals surface area contributed by atoms with Crippen molar-refractivity contribution in [2.75, 3.05) is 24.7 Å². The number of para-hydroxylation sites is 1. The van der Waals surface area contributed by atoms with E-state index in [2.05, 4.69) is 15.2 Å². The molecule has 2 aliphatic rings. The van der Waals surface area contributed by atoms with Crippen molar-refractivity contribution >= 4 is 23.3 Å². The molecule has 9 nitrogen and oxygen atoms in total. The molecule has 1 saturated heterocycles. The zero-order chi connectivity index (χ0) is 21.1. The first-order valence-electron chi connectivity index (χ1n) is 10.2. The Kier molecular flexibility index (Phi) is 5.78. The zero-order valence-electron chi connectivity index (χ0n) is 17.2. The zero-order valence-corrected chi connectivity index (χ0v) is 17.2. The Bertz CT molecular complexity index is 934. The lowest BCUT2D eigenvalue weighted by atomic mass is 9.96. The average Bonchev–Trinajstić information content (AvgIpc) is 3.41. The smallest absolute Gasteiger partial charge is 0.354 e. The number of carbonyl (C=O) groups is 2. The van der Waals surface area contributed by atoms with Gasteiger partial charge in [0.1, 0.15) is 11.8 Å². The summed E-state index contributed by atoms with van der Waals surface area (Å²) >= 11 is 0. The van der Waals surface area contributed by atoms with E-state index < -0.39 is 12.0 Å². The number of benzene rings is 1. The number of rotatable bonds is 5. The Morgan fingerprint density at radius 1 is 1.20 bits per heavy atom. The van der Waals surface area contributed by atoms with Gasteiger partial charge in [0.2, 0.25) is 11.8 Å². The molecule has 9 heteroatoms. The van der Waals surface area contributed by atoms with Crippen LogP contribution in [0.25, 0.3) is 0 Å². The Morgan fingerprint density at radius 3 is 2.57 bits per heavy atom. The number of amides is 1. The maximum atomic E-state index is 13.4. The summed E-state index contributed by atoms with van der Waals surface area (Å²) in [5, 5.41) is 9.94. The van der Waals surface area contributed by atoms with Crippen LogP contribution in [0.2, 0.25) is 0 Å². The second-order valence-electron chi connectivity index (χ2n) is 7.45. The molecular formula is C21H25N5O4. The summed E-state index contributed by atoms with van der Waals surface area (Å²) in [6, 6.07) is 8.86. The van der Waals surface area contributed by atoms with Gasteiger partial charge in [-0.2, -0.15) is 10.1 Å². The Hall–Kier alpha value is -3.23. The topological polar surface area (TPSA) is 101 Å². The molecule has 30 heavy (non-hydrogen) atoms. The van der Waals surface area contributed by atoms with Crippen molar-refractivity contribution < 1.29 is 18.8 Å². The summed E-state index contributed by atoms with van der Waals surface area (Å²) in [5.74, 6) is 0.910. The van der Waals surface area contributed by atoms with Crippen LogP contribution in [0, 0.1) is 6.92 Å². The number of esters is 1. The Morgan fingerprint density at radius 2 is 1.93 bits per heavy atom. The van der Waals surface area contributed by atoms with Crippen LogP contribution in [0.15, 0.2) is 40.0 Å². The van der Waals surface area contributed by atoms with Crippen molar-refractivity contribution in [2.24, 2.45) is 5.10 Å². The molecule has 2 aliphatic heterocycles. The highest BCUT2D eigenvalue weighted by Gasteiger charge is 2.40. The highest BCUT2D eigenvalue weighted by atomic mass is 16.5. The van der Waals surface area contributed by atoms with Crippen LogP contribution in [0.4, 0.5) is 5.69 Å². The molecule has 0 bridgehead atoms. The predicted octanol–water partition coefficient (Wildman–Crippen LogP) is 2.28. The third-order valence-corrected chi connectivity index (χ3v) is 5.43. The molecular weight excluding hydrogens is 386 g/mol. The minimum Gasteiger partial charge on any atom is -0.461 e. The SMILES string of the molecule is CCOC(=O)C1=NN(c2ccccc2)C(C(=O)N2CCC(c3nc(C)no3)CC2)C1. The van der Waals surface area contributed by atoms with E-state index in [4.69, 9.17) is 9.26 Å². The third-order valence-electron chi connectivity index (χ3n) is 5.43. The molecule has 3 heterocycles. The number of hydrazone groups is 1. The number of ether oxygens (including phenoxy) is 1. The quantitative estimate of drug-likeness (QED) is 0.696. The first-order chi connectivity index (χ1) is 14.6. The number of anilines is 1. The predicted molar refractivity (Wildman–Crippen MR) is 109 cm³/mol. The van der Waals surface area contributed by atoms with Crippen LogP contribution in [0.3, 0.4) is 0 Å². The molecule has 1 unspecified atom stereocenters. The standard InChI is InChI=1S/C21H25N5O4/c1-3-29-21(28)17-13-18(26(23-17)16-7-5-4-6-8-16)20(27)25-11-9-15(10-12-25)19-22-14(2)24-30-19/h4-8,15,18H,3,9-13H2,1-2H3. The maximum absolute atomic E-state index is 13.4. The van der Waals surface area contributed by atoms with Crippen molar-refractivity contribution in [3.63, 3.8) is 0 Å². The lowest BCUT2D eigenvalue weighted by Gasteiger charge is -2.34. The van der Waals surface area contributed by atoms with E-state index in [0.717, 1.165) is 18.5 Å². The molecule has 1 atom stereocenters. The number of nitrogens with zero attached hydrogens (tertiary/aromatic N) is 5. The van der Waals surface area contributed by atoms with Gasteiger partial charge >= 0.3 is 5.97 Å². The Balaban J connectivity index is 1.47. The first-order valence-corrected chi connectivity index (χ1v) is 10.2. The van der Waals surface area contributed by atoms with Gasteiger partial charge in [0, 0.05) is 25.4 Å². The average molecular weight is 411 g/mol. The summed E-state index contributed by atoms with van der Waals surface area (Å²) in [6.07, 6.45) is 1.75. The summed E-state index contributed by atoms with van der Waals surface area (Å²) in [6.45, 7) is 5.01. The second-order valence-corrected chi connectivity index (χ2v) is 7.45. The molecule has 2 aromatic rings. The lowest BCUT2D eigenvalue weighted by Crippen LogP contribution is -2.48. The van der Waals surface area contributed by atoms with Crippen molar-refractivity contribution in [1.82, 2.24) is 15.0 Å². The van der Waals surface area contributed by atoms with Gasteiger partial charge in [0.15, 0.2) is 5.82 Å². The van der Waals surface area contributed by atoms with Crippen LogP contribution >= 0.6 is 0 Å². The summed E-state index contributed by atoms with van der Waals surface area (Å²) < 4.78 is 10.4. The van der Waals surface area contributed by atoms with E-state index in [1.807, 2.05) is 35.2 Å². The minimum atomic E-state index is -0.561. The van der Waals surface area contributed by atoms with Crippen LogP contribution in [0.1, 0.15) is 43.8 Å². The highest BCUT2D eigenvalue weighted by molar-refractivity contribution is 6.38. The van der Waals surface area contributed by atoms with Crippen LogP contribution in [0.5, 0.6) is 0 Å². The van der Waals surface area contributed by atoms with Gasteiger partial charge in [0.05, 0.1) is 12.3 Å². The number of piperidine rings is 1. The van der Waals surface area contributed by atoms with Gasteiger partial charge in [0.25, 0.3) is 0 Å². The van der Waals surface area contributed by atoms with Gasteiger partial charge in [-0.1, -0.05) is 23.4 Å². The van der Waals surface area contributed by atoms with Gasteiger partial charge in [-0.25, -0.2) is 4.79 Å². The normalized spacial score (nSPS) is 19.7. The summed E-state index contributed by atoms with van der Waals surface area (Å²) in [5.41, 5.74) is 1.04. The third kappa shape index (κ3) is 4.05. The van der Waals surface area contributed by atoms with E-state index in [0.29, 0.717) is 24.8 Å². The fraction of sp³-hybridized carbons (Fsp3) is 0.476. The monoisotopic (exact) mass is 411 g/mol. The van der Waals surface area contributed by atoms with E-state index in [1.165, 1.54) is 0 Å². The van der Waals surface area contributed by atoms with Crippen LogP contribution < -0.4 is 5.01 Å². The molecule has 0 aliphatic carbocycles. The fourth-order valence-corrected chi connectivity index (χ4v) is 3.90. The van der Waals surface area contributed by atoms with Gasteiger partial charge in [-0.05, 0) is 38.8 Å². The fourth-order valence-electron chi connectivity index (χ4n) is 3.90. The highest BCUT2D eigenvalue weighted by Crippen LogP contribution is 2.30. The largest absolute Gasteiger partial charge is 0.461 e.